The maximum Gasteiger partial charge on any atom is 0.338 e. The van der Waals surface area contributed by atoms with Crippen molar-refractivity contribution in [1.82, 2.24) is 4.31 Å². The minimum absolute atomic E-state index is 0.0556. The Morgan fingerprint density at radius 2 is 1.61 bits per heavy atom. The molecule has 0 bridgehead atoms. The second kappa shape index (κ2) is 8.49. The number of Topliss-reactive ketones (excluding diaryl/α,β-unsaturated/α-hetero) is 1. The van der Waals surface area contributed by atoms with Crippen molar-refractivity contribution in [2.24, 2.45) is 0 Å². The summed E-state index contributed by atoms with van der Waals surface area (Å²) in [5.41, 5.74) is 0.132. The Bertz CT molecular complexity index is 986. The summed E-state index contributed by atoms with van der Waals surface area (Å²) >= 11 is 0. The lowest BCUT2D eigenvalue weighted by atomic mass is 10.1. The van der Waals surface area contributed by atoms with Crippen molar-refractivity contribution >= 4 is 21.8 Å². The van der Waals surface area contributed by atoms with Crippen LogP contribution in [0.25, 0.3) is 0 Å². The van der Waals surface area contributed by atoms with E-state index in [4.69, 9.17) is 9.47 Å². The van der Waals surface area contributed by atoms with Crippen LogP contribution in [0.15, 0.2) is 47.4 Å². The van der Waals surface area contributed by atoms with Gasteiger partial charge in [-0.25, -0.2) is 21.9 Å². The summed E-state index contributed by atoms with van der Waals surface area (Å²) in [7, 11) is 0.142. The number of carbonyl (C=O) groups is 2. The molecule has 0 N–H and O–H groups in total. The molecule has 1 atom stereocenters. The monoisotopic (exact) mass is 409 g/mol. The highest BCUT2D eigenvalue weighted by molar-refractivity contribution is 7.89. The zero-order valence-electron chi connectivity index (χ0n) is 15.8. The van der Waals surface area contributed by atoms with Crippen LogP contribution in [0.3, 0.4) is 0 Å². The molecule has 2 aromatic rings. The lowest BCUT2D eigenvalue weighted by molar-refractivity contribution is 0.0318. The number of esters is 1. The van der Waals surface area contributed by atoms with Gasteiger partial charge < -0.3 is 9.47 Å². The van der Waals surface area contributed by atoms with Crippen molar-refractivity contribution in [3.63, 3.8) is 0 Å². The van der Waals surface area contributed by atoms with E-state index >= 15 is 0 Å². The normalized spacial score (nSPS) is 12.5. The van der Waals surface area contributed by atoms with Gasteiger partial charge in [-0.3, -0.25) is 4.79 Å². The molecular formula is C19H20FNO6S. The first-order chi connectivity index (χ1) is 13.1. The second-order valence-electron chi connectivity index (χ2n) is 6.07. The van der Waals surface area contributed by atoms with Gasteiger partial charge in [0.15, 0.2) is 6.10 Å². The third-order valence-electron chi connectivity index (χ3n) is 3.94. The zero-order valence-corrected chi connectivity index (χ0v) is 16.6. The van der Waals surface area contributed by atoms with E-state index < -0.39 is 33.7 Å². The van der Waals surface area contributed by atoms with Crippen molar-refractivity contribution < 1.29 is 31.9 Å². The first kappa shape index (κ1) is 21.5. The first-order valence-electron chi connectivity index (χ1n) is 8.19. The second-order valence-corrected chi connectivity index (χ2v) is 8.19. The molecule has 0 saturated carbocycles. The molecule has 0 aromatic heterocycles. The molecule has 0 saturated heterocycles. The fourth-order valence-corrected chi connectivity index (χ4v) is 3.41. The Balaban J connectivity index is 2.26. The SMILES string of the molecule is COc1ccc(C(=O)O[C@H](C)C(=O)c2ccc(F)cc2)cc1S(=O)(=O)N(C)C. The van der Waals surface area contributed by atoms with Crippen molar-refractivity contribution in [2.75, 3.05) is 21.2 Å². The summed E-state index contributed by atoms with van der Waals surface area (Å²) in [5, 5.41) is 0. The van der Waals surface area contributed by atoms with Crippen molar-refractivity contribution in [2.45, 2.75) is 17.9 Å². The number of hydrogen-bond donors (Lipinski definition) is 0. The minimum Gasteiger partial charge on any atom is -0.495 e. The van der Waals surface area contributed by atoms with E-state index in [1.807, 2.05) is 0 Å². The number of nitrogens with zero attached hydrogens (tertiary/aromatic N) is 1. The largest absolute Gasteiger partial charge is 0.495 e. The number of ketones is 1. The van der Waals surface area contributed by atoms with Gasteiger partial charge in [-0.1, -0.05) is 0 Å². The lowest BCUT2D eigenvalue weighted by Gasteiger charge is -2.16. The van der Waals surface area contributed by atoms with E-state index in [-0.39, 0.29) is 21.8 Å². The van der Waals surface area contributed by atoms with Crippen molar-refractivity contribution in [3.8, 4) is 5.75 Å². The smallest absolute Gasteiger partial charge is 0.338 e. The average molecular weight is 409 g/mol. The van der Waals surface area contributed by atoms with E-state index in [1.54, 1.807) is 0 Å². The Morgan fingerprint density at radius 3 is 2.14 bits per heavy atom. The maximum atomic E-state index is 13.0. The number of benzene rings is 2. The predicted molar refractivity (Wildman–Crippen MR) is 99.5 cm³/mol. The number of sulfonamides is 1. The lowest BCUT2D eigenvalue weighted by Crippen LogP contribution is -2.25. The zero-order chi connectivity index (χ0) is 21.1. The number of hydrogen-bond acceptors (Lipinski definition) is 6. The Kier molecular flexibility index (Phi) is 6.52. The van der Waals surface area contributed by atoms with E-state index in [1.165, 1.54) is 52.4 Å². The molecule has 2 aromatic carbocycles. The molecule has 2 rings (SSSR count). The van der Waals surface area contributed by atoms with Gasteiger partial charge in [-0.05, 0) is 49.4 Å². The number of carbonyl (C=O) groups excluding carboxylic acids is 2. The molecule has 0 heterocycles. The molecule has 0 fully saturated rings. The quantitative estimate of drug-likeness (QED) is 0.516. The molecular weight excluding hydrogens is 389 g/mol. The summed E-state index contributed by atoms with van der Waals surface area (Å²) in [6, 6.07) is 8.64. The van der Waals surface area contributed by atoms with Gasteiger partial charge in [-0.2, -0.15) is 0 Å². The minimum atomic E-state index is -3.87. The van der Waals surface area contributed by atoms with Crippen LogP contribution in [0.1, 0.15) is 27.6 Å². The Morgan fingerprint density at radius 1 is 1.04 bits per heavy atom. The highest BCUT2D eigenvalue weighted by Crippen LogP contribution is 2.27. The van der Waals surface area contributed by atoms with Crippen molar-refractivity contribution in [1.29, 1.82) is 0 Å². The fraction of sp³-hybridized carbons (Fsp3) is 0.263. The molecule has 0 unspecified atom stereocenters. The molecule has 0 aliphatic heterocycles. The average Bonchev–Trinajstić information content (AvgIpc) is 2.67. The standard InChI is InChI=1S/C19H20FNO6S/c1-12(18(22)13-5-8-15(20)9-6-13)27-19(23)14-7-10-16(26-4)17(11-14)28(24,25)21(2)3/h5-12H,1-4H3/t12-/m1/s1. The van der Waals surface area contributed by atoms with Crippen LogP contribution in [0.4, 0.5) is 4.39 Å². The molecule has 150 valence electrons. The highest BCUT2D eigenvalue weighted by Gasteiger charge is 2.26. The van der Waals surface area contributed by atoms with Gasteiger partial charge >= 0.3 is 5.97 Å². The summed E-state index contributed by atoms with van der Waals surface area (Å²) in [4.78, 5) is 24.5. The maximum absolute atomic E-state index is 13.0. The van der Waals surface area contributed by atoms with Crippen LogP contribution < -0.4 is 4.74 Å². The molecule has 7 nitrogen and oxygen atoms in total. The number of methoxy groups -OCH3 is 1. The van der Waals surface area contributed by atoms with Crippen molar-refractivity contribution in [3.05, 3.63) is 59.4 Å². The summed E-state index contributed by atoms with van der Waals surface area (Å²) in [6.07, 6.45) is -1.14. The predicted octanol–water partition coefficient (Wildman–Crippen LogP) is 2.51. The first-order valence-corrected chi connectivity index (χ1v) is 9.63. The molecule has 0 spiro atoms. The van der Waals surface area contributed by atoms with E-state index in [0.29, 0.717) is 0 Å². The molecule has 0 amide bonds. The third kappa shape index (κ3) is 4.55. The van der Waals surface area contributed by atoms with Gasteiger partial charge in [0.1, 0.15) is 16.5 Å². The highest BCUT2D eigenvalue weighted by atomic mass is 32.2. The van der Waals surface area contributed by atoms with Crippen LogP contribution in [-0.2, 0) is 14.8 Å². The Hall–Kier alpha value is -2.78. The van der Waals surface area contributed by atoms with Gasteiger partial charge in [0.05, 0.1) is 12.7 Å². The van der Waals surface area contributed by atoms with Gasteiger partial charge in [0.25, 0.3) is 0 Å². The molecule has 0 radical (unpaired) electrons. The number of halogens is 1. The Labute approximate surface area is 162 Å². The van der Waals surface area contributed by atoms with Gasteiger partial charge in [0.2, 0.25) is 15.8 Å². The summed E-state index contributed by atoms with van der Waals surface area (Å²) in [6.45, 7) is 1.38. The van der Waals surface area contributed by atoms with Crippen LogP contribution in [0.5, 0.6) is 5.75 Å². The van der Waals surface area contributed by atoms with Crippen LogP contribution in [0.2, 0.25) is 0 Å². The molecule has 9 heteroatoms. The van der Waals surface area contributed by atoms with Gasteiger partial charge in [0, 0.05) is 19.7 Å². The topological polar surface area (TPSA) is 90.0 Å². The van der Waals surface area contributed by atoms with Gasteiger partial charge in [-0.15, -0.1) is 0 Å². The molecule has 0 aliphatic rings. The molecule has 28 heavy (non-hydrogen) atoms. The fourth-order valence-electron chi connectivity index (χ4n) is 2.33. The molecule has 0 aliphatic carbocycles. The van der Waals surface area contributed by atoms with Crippen LogP contribution >= 0.6 is 0 Å². The number of rotatable bonds is 7. The van der Waals surface area contributed by atoms with Crippen LogP contribution in [-0.4, -0.2) is 51.8 Å². The van der Waals surface area contributed by atoms with E-state index in [9.17, 15) is 22.4 Å². The van der Waals surface area contributed by atoms with Crippen LogP contribution in [0, 0.1) is 5.82 Å². The third-order valence-corrected chi connectivity index (χ3v) is 5.78. The summed E-state index contributed by atoms with van der Waals surface area (Å²) in [5.74, 6) is -1.81. The van der Waals surface area contributed by atoms with E-state index in [0.717, 1.165) is 22.5 Å². The van der Waals surface area contributed by atoms with E-state index in [2.05, 4.69) is 0 Å². The number of ether oxygens (including phenoxy) is 2. The summed E-state index contributed by atoms with van der Waals surface area (Å²) < 4.78 is 49.1.